The van der Waals surface area contributed by atoms with E-state index in [1.165, 1.54) is 37.1 Å². The van der Waals surface area contributed by atoms with Gasteiger partial charge in [0.05, 0.1) is 24.4 Å². The van der Waals surface area contributed by atoms with E-state index in [0.29, 0.717) is 17.7 Å². The Morgan fingerprint density at radius 3 is 2.29 bits per heavy atom. The van der Waals surface area contributed by atoms with Gasteiger partial charge in [-0.25, -0.2) is 14.5 Å². The van der Waals surface area contributed by atoms with Crippen LogP contribution < -0.4 is 25.6 Å². The van der Waals surface area contributed by atoms with Gasteiger partial charge in [-0.3, -0.25) is 14.4 Å². The van der Waals surface area contributed by atoms with Gasteiger partial charge in [0.2, 0.25) is 11.8 Å². The first kappa shape index (κ1) is 45.1. The standard InChI is InChI=1S/C42H57N5O10Si/c1-12-14-28-20-32-39(57-58(10,11)42(6,7)8)47(31-22-33(48)34(54-9)21-30(31)38(51)46(32)23-28)41(53)56-24-27-15-17-29(18-16-27)44-36(49)26(5)43-37(50)35(25(3)4)45-40(52)55-19-13-2/h12-18,21-23,25-26,32,35,39,48H,2,19-20,24H2,1,3-11H3,(H,43,50)(H,44,49)(H,45,52)/b14-12+/t26-,32-,35-,39-/m0/s1. The molecular formula is C42H57N5O10Si. The van der Waals surface area contributed by atoms with Crippen molar-refractivity contribution in [2.75, 3.05) is 23.9 Å². The molecule has 0 spiro atoms. The van der Waals surface area contributed by atoms with E-state index in [0.717, 1.165) is 5.57 Å². The number of hydrogen-bond donors (Lipinski definition) is 4. The third-order valence-corrected chi connectivity index (χ3v) is 14.8. The molecule has 0 aliphatic carbocycles. The summed E-state index contributed by atoms with van der Waals surface area (Å²) in [4.78, 5) is 69.6. The number of methoxy groups -OCH3 is 1. The number of nitrogens with zero attached hydrogens (tertiary/aromatic N) is 2. The van der Waals surface area contributed by atoms with E-state index in [2.05, 4.69) is 56.4 Å². The van der Waals surface area contributed by atoms with Crippen molar-refractivity contribution in [3.8, 4) is 11.5 Å². The van der Waals surface area contributed by atoms with Gasteiger partial charge in [0, 0.05) is 18.0 Å². The highest BCUT2D eigenvalue weighted by Gasteiger charge is 2.50. The van der Waals surface area contributed by atoms with Gasteiger partial charge in [-0.05, 0) is 73.7 Å². The molecule has 0 bridgehead atoms. The van der Waals surface area contributed by atoms with Crippen molar-refractivity contribution >= 4 is 49.6 Å². The van der Waals surface area contributed by atoms with E-state index >= 15 is 0 Å². The van der Waals surface area contributed by atoms with Gasteiger partial charge in [0.15, 0.2) is 26.0 Å². The van der Waals surface area contributed by atoms with Crippen LogP contribution in [0.2, 0.25) is 18.1 Å². The molecule has 2 aliphatic rings. The van der Waals surface area contributed by atoms with E-state index in [1.54, 1.807) is 49.2 Å². The number of phenols is 1. The largest absolute Gasteiger partial charge is 0.504 e. The molecule has 0 radical (unpaired) electrons. The second-order valence-electron chi connectivity index (χ2n) is 16.1. The fourth-order valence-electron chi connectivity index (χ4n) is 6.15. The van der Waals surface area contributed by atoms with Gasteiger partial charge >= 0.3 is 12.2 Å². The van der Waals surface area contributed by atoms with Crippen LogP contribution in [0.4, 0.5) is 21.0 Å². The van der Waals surface area contributed by atoms with Gasteiger partial charge in [-0.2, -0.15) is 0 Å². The maximum atomic E-state index is 14.4. The van der Waals surface area contributed by atoms with Crippen LogP contribution in [0.1, 0.15) is 70.8 Å². The number of carbonyl (C=O) groups excluding carboxylic acids is 5. The van der Waals surface area contributed by atoms with Crippen molar-refractivity contribution < 1.29 is 47.7 Å². The maximum absolute atomic E-state index is 14.4. The lowest BCUT2D eigenvalue weighted by Crippen LogP contribution is -2.57. The summed E-state index contributed by atoms with van der Waals surface area (Å²) in [6.45, 7) is 20.6. The Morgan fingerprint density at radius 1 is 1.03 bits per heavy atom. The average Bonchev–Trinajstić information content (AvgIpc) is 3.55. The van der Waals surface area contributed by atoms with Crippen LogP contribution in [0.25, 0.3) is 0 Å². The smallest absolute Gasteiger partial charge is 0.416 e. The first-order valence-corrected chi connectivity index (χ1v) is 22.1. The summed E-state index contributed by atoms with van der Waals surface area (Å²) in [7, 11) is -1.24. The Balaban J connectivity index is 1.55. The molecule has 15 nitrogen and oxygen atoms in total. The van der Waals surface area contributed by atoms with Gasteiger partial charge in [0.25, 0.3) is 5.91 Å². The number of rotatable bonds is 14. The second-order valence-corrected chi connectivity index (χ2v) is 20.8. The quantitative estimate of drug-likeness (QED) is 0.115. The summed E-state index contributed by atoms with van der Waals surface area (Å²) in [6.07, 6.45) is 4.83. The van der Waals surface area contributed by atoms with E-state index in [4.69, 9.17) is 18.6 Å². The Bertz CT molecular complexity index is 1940. The van der Waals surface area contributed by atoms with Crippen LogP contribution in [-0.2, 0) is 30.1 Å². The number of nitrogens with one attached hydrogen (secondary N) is 3. The van der Waals surface area contributed by atoms with Crippen molar-refractivity contribution in [2.24, 2.45) is 5.92 Å². The van der Waals surface area contributed by atoms with Crippen molar-refractivity contribution in [3.05, 3.63) is 84.1 Å². The summed E-state index contributed by atoms with van der Waals surface area (Å²) >= 11 is 0. The minimum Gasteiger partial charge on any atom is -0.504 e. The van der Waals surface area contributed by atoms with E-state index in [1.807, 2.05) is 19.1 Å². The van der Waals surface area contributed by atoms with Gasteiger partial charge in [-0.15, -0.1) is 0 Å². The SMILES string of the molecule is C=CCOC(=O)N[C@H](C(=O)N[C@@H](C)C(=O)Nc1ccc(COC(=O)N2c3cc(O)c(OC)cc3C(=O)N3C=C(/C=C/C)C[C@H]3[C@@H]2O[Si](C)(C)C(C)(C)C)cc1)C(C)C. The lowest BCUT2D eigenvalue weighted by Gasteiger charge is -2.44. The molecule has 5 amide bonds. The number of alkyl carbamates (subject to hydrolysis) is 1. The van der Waals surface area contributed by atoms with Gasteiger partial charge in [0.1, 0.15) is 25.3 Å². The Morgan fingerprint density at radius 2 is 1.71 bits per heavy atom. The topological polar surface area (TPSA) is 185 Å². The highest BCUT2D eigenvalue weighted by atomic mass is 28.4. The summed E-state index contributed by atoms with van der Waals surface area (Å²) in [6, 6.07) is 6.84. The van der Waals surface area contributed by atoms with Crippen LogP contribution >= 0.6 is 0 Å². The molecule has 2 aromatic rings. The van der Waals surface area contributed by atoms with Crippen LogP contribution in [0.3, 0.4) is 0 Å². The van der Waals surface area contributed by atoms with Crippen LogP contribution in [-0.4, -0.2) is 86.3 Å². The molecule has 0 saturated carbocycles. The van der Waals surface area contributed by atoms with Crippen LogP contribution in [0.5, 0.6) is 11.5 Å². The average molecular weight is 820 g/mol. The maximum Gasteiger partial charge on any atom is 0.416 e. The fraction of sp³-hybridized carbons (Fsp3) is 0.452. The molecule has 0 unspecified atom stereocenters. The summed E-state index contributed by atoms with van der Waals surface area (Å²) in [5.41, 5.74) is 2.14. The zero-order chi connectivity index (χ0) is 43.1. The number of aromatic hydroxyl groups is 1. The molecule has 4 atom stereocenters. The molecular weight excluding hydrogens is 763 g/mol. The zero-order valence-corrected chi connectivity index (χ0v) is 36.0. The Labute approximate surface area is 341 Å². The molecule has 58 heavy (non-hydrogen) atoms. The van der Waals surface area contributed by atoms with Gasteiger partial charge < -0.3 is 44.6 Å². The van der Waals surface area contributed by atoms with Crippen LogP contribution in [0, 0.1) is 5.92 Å². The molecule has 2 aliphatic heterocycles. The number of amides is 5. The summed E-state index contributed by atoms with van der Waals surface area (Å²) in [5, 5.41) is 18.6. The zero-order valence-electron chi connectivity index (χ0n) is 35.0. The number of anilines is 2. The predicted octanol–water partition coefficient (Wildman–Crippen LogP) is 6.96. The first-order valence-electron chi connectivity index (χ1n) is 19.2. The molecule has 0 aromatic heterocycles. The Hall–Kier alpha value is -5.61. The lowest BCUT2D eigenvalue weighted by atomic mass is 10.0. The normalized spacial score (nSPS) is 17.7. The third-order valence-electron chi connectivity index (χ3n) is 10.4. The van der Waals surface area contributed by atoms with Crippen molar-refractivity contribution in [3.63, 3.8) is 0 Å². The van der Waals surface area contributed by atoms with Crippen molar-refractivity contribution in [1.29, 1.82) is 0 Å². The molecule has 2 heterocycles. The number of carbonyl (C=O) groups is 5. The number of allylic oxidation sites excluding steroid dienone is 2. The molecule has 2 aromatic carbocycles. The first-order chi connectivity index (χ1) is 27.2. The molecule has 16 heteroatoms. The van der Waals surface area contributed by atoms with E-state index < -0.39 is 56.7 Å². The molecule has 4 N–H and O–H groups in total. The molecule has 0 saturated heterocycles. The van der Waals surface area contributed by atoms with Crippen LogP contribution in [0.15, 0.2) is 73.0 Å². The minimum atomic E-state index is -2.62. The second kappa shape index (κ2) is 18.8. The highest BCUT2D eigenvalue weighted by Crippen LogP contribution is 2.45. The summed E-state index contributed by atoms with van der Waals surface area (Å²) < 4.78 is 23.2. The number of fused-ring (bicyclic) bond motifs is 2. The number of ether oxygens (including phenoxy) is 3. The van der Waals surface area contributed by atoms with Gasteiger partial charge in [-0.1, -0.05) is 71.6 Å². The van der Waals surface area contributed by atoms with E-state index in [-0.39, 0.29) is 52.8 Å². The van der Waals surface area contributed by atoms with Crippen molar-refractivity contribution in [1.82, 2.24) is 15.5 Å². The molecule has 314 valence electrons. The minimum absolute atomic E-state index is 0.0169. The highest BCUT2D eigenvalue weighted by molar-refractivity contribution is 6.74. The number of hydrogen-bond acceptors (Lipinski definition) is 10. The third kappa shape index (κ3) is 10.5. The predicted molar refractivity (Wildman–Crippen MR) is 223 cm³/mol. The Kier molecular flexibility index (Phi) is 14.6. The van der Waals surface area contributed by atoms with E-state index in [9.17, 15) is 29.1 Å². The number of phenolic OH excluding ortho intramolecular Hbond substituents is 1. The fourth-order valence-corrected chi connectivity index (χ4v) is 7.37. The molecule has 4 rings (SSSR count). The molecule has 0 fully saturated rings. The van der Waals surface area contributed by atoms with Crippen molar-refractivity contribution in [2.45, 2.75) is 104 Å². The number of benzene rings is 2. The monoisotopic (exact) mass is 819 g/mol. The summed E-state index contributed by atoms with van der Waals surface area (Å²) in [5.74, 6) is -1.93. The lowest BCUT2D eigenvalue weighted by molar-refractivity contribution is -0.128.